The van der Waals surface area contributed by atoms with Crippen molar-refractivity contribution in [1.82, 2.24) is 19.4 Å². The van der Waals surface area contributed by atoms with Gasteiger partial charge in [-0.3, -0.25) is 14.2 Å². The summed E-state index contributed by atoms with van der Waals surface area (Å²) in [5, 5.41) is 3.57. The molecule has 2 aromatic heterocycles. The lowest BCUT2D eigenvalue weighted by atomic mass is 10.2. The number of carbonyl (C=O) groups is 1. The fraction of sp³-hybridized carbons (Fsp3) is 0.429. The molecule has 1 aliphatic heterocycles. The molecule has 32 heavy (non-hydrogen) atoms. The summed E-state index contributed by atoms with van der Waals surface area (Å²) in [6.07, 6.45) is 1.37. The molecule has 1 saturated heterocycles. The smallest absolute Gasteiger partial charge is 0.273 e. The van der Waals surface area contributed by atoms with Crippen molar-refractivity contribution >= 4 is 38.4 Å². The number of benzene rings is 1. The van der Waals surface area contributed by atoms with Crippen LogP contribution < -0.4 is 25.2 Å². The molecule has 0 spiro atoms. The van der Waals surface area contributed by atoms with Crippen molar-refractivity contribution in [2.75, 3.05) is 57.2 Å². The summed E-state index contributed by atoms with van der Waals surface area (Å²) >= 11 is 1.33. The van der Waals surface area contributed by atoms with E-state index in [1.807, 2.05) is 0 Å². The van der Waals surface area contributed by atoms with Gasteiger partial charge in [0.15, 0.2) is 10.8 Å². The Morgan fingerprint density at radius 2 is 1.97 bits per heavy atom. The van der Waals surface area contributed by atoms with Gasteiger partial charge in [0.05, 0.1) is 19.9 Å². The molecule has 0 atom stereocenters. The maximum atomic E-state index is 13.0. The highest BCUT2D eigenvalue weighted by Gasteiger charge is 2.21. The fourth-order valence-electron chi connectivity index (χ4n) is 3.59. The molecule has 0 saturated carbocycles. The Labute approximate surface area is 189 Å². The van der Waals surface area contributed by atoms with Crippen LogP contribution in [0.3, 0.4) is 0 Å². The van der Waals surface area contributed by atoms with E-state index >= 15 is 0 Å². The van der Waals surface area contributed by atoms with Crippen LogP contribution >= 0.6 is 11.3 Å². The van der Waals surface area contributed by atoms with Crippen molar-refractivity contribution in [2.24, 2.45) is 0 Å². The van der Waals surface area contributed by atoms with E-state index in [4.69, 9.17) is 9.47 Å². The number of ether oxygens (including phenoxy) is 2. The van der Waals surface area contributed by atoms with Gasteiger partial charge in [-0.2, -0.15) is 4.98 Å². The van der Waals surface area contributed by atoms with Crippen LogP contribution in [0.25, 0.3) is 10.3 Å². The summed E-state index contributed by atoms with van der Waals surface area (Å²) in [5.41, 5.74) is 0.600. The molecular formula is C21H26N6O4S. The predicted octanol–water partition coefficient (Wildman–Crippen LogP) is 1.65. The van der Waals surface area contributed by atoms with Crippen LogP contribution in [0.4, 0.5) is 10.8 Å². The molecule has 1 fully saturated rings. The van der Waals surface area contributed by atoms with Crippen LogP contribution in [0.2, 0.25) is 0 Å². The third kappa shape index (κ3) is 4.53. The van der Waals surface area contributed by atoms with E-state index in [2.05, 4.69) is 32.0 Å². The number of hydrogen-bond donors (Lipinski definition) is 1. The zero-order chi connectivity index (χ0) is 22.7. The number of nitrogens with one attached hydrogen (secondary N) is 1. The monoisotopic (exact) mass is 458 g/mol. The molecule has 11 heteroatoms. The summed E-state index contributed by atoms with van der Waals surface area (Å²) < 4.78 is 12.2. The van der Waals surface area contributed by atoms with Crippen molar-refractivity contribution in [3.63, 3.8) is 0 Å². The quantitative estimate of drug-likeness (QED) is 0.570. The summed E-state index contributed by atoms with van der Waals surface area (Å²) in [4.78, 5) is 39.0. The van der Waals surface area contributed by atoms with Gasteiger partial charge in [-0.1, -0.05) is 18.3 Å². The summed E-state index contributed by atoms with van der Waals surface area (Å²) in [7, 11) is 3.06. The van der Waals surface area contributed by atoms with E-state index < -0.39 is 0 Å². The lowest BCUT2D eigenvalue weighted by Crippen LogP contribution is -2.46. The first-order valence-electron chi connectivity index (χ1n) is 10.4. The molecule has 0 bridgehead atoms. The van der Waals surface area contributed by atoms with Gasteiger partial charge in [-0.15, -0.1) is 0 Å². The van der Waals surface area contributed by atoms with Crippen molar-refractivity contribution in [3.8, 4) is 11.5 Å². The molecule has 4 rings (SSSR count). The number of piperazine rings is 1. The molecule has 3 heterocycles. The molecule has 1 N–H and O–H groups in total. The van der Waals surface area contributed by atoms with Gasteiger partial charge in [0.25, 0.3) is 5.56 Å². The maximum absolute atomic E-state index is 13.0. The fourth-order valence-corrected chi connectivity index (χ4v) is 4.62. The van der Waals surface area contributed by atoms with Crippen LogP contribution in [0, 0.1) is 0 Å². The van der Waals surface area contributed by atoms with Crippen molar-refractivity contribution in [2.45, 2.75) is 13.5 Å². The van der Waals surface area contributed by atoms with E-state index in [9.17, 15) is 9.59 Å². The number of fused-ring (bicyclic) bond motifs is 1. The van der Waals surface area contributed by atoms with Crippen LogP contribution in [0.5, 0.6) is 11.5 Å². The van der Waals surface area contributed by atoms with E-state index in [1.165, 1.54) is 29.3 Å². The minimum atomic E-state index is -0.375. The van der Waals surface area contributed by atoms with Gasteiger partial charge < -0.3 is 24.6 Å². The minimum absolute atomic E-state index is 0.176. The number of hydrogen-bond acceptors (Lipinski definition) is 9. The third-order valence-electron chi connectivity index (χ3n) is 5.46. The highest BCUT2D eigenvalue weighted by atomic mass is 32.1. The Morgan fingerprint density at radius 3 is 2.66 bits per heavy atom. The first-order valence-corrected chi connectivity index (χ1v) is 11.2. The van der Waals surface area contributed by atoms with E-state index in [0.717, 1.165) is 37.9 Å². The van der Waals surface area contributed by atoms with Gasteiger partial charge in [0.2, 0.25) is 5.91 Å². The number of carbonyl (C=O) groups excluding carboxylic acids is 1. The van der Waals surface area contributed by atoms with Crippen molar-refractivity contribution in [3.05, 3.63) is 34.9 Å². The molecule has 10 nitrogen and oxygen atoms in total. The van der Waals surface area contributed by atoms with Gasteiger partial charge in [-0.25, -0.2) is 4.98 Å². The Morgan fingerprint density at radius 1 is 1.19 bits per heavy atom. The maximum Gasteiger partial charge on any atom is 0.273 e. The van der Waals surface area contributed by atoms with Crippen LogP contribution in [0.15, 0.2) is 29.3 Å². The zero-order valence-electron chi connectivity index (χ0n) is 18.3. The summed E-state index contributed by atoms with van der Waals surface area (Å²) in [6, 6.07) is 5.10. The second kappa shape index (κ2) is 9.53. The molecule has 3 aromatic rings. The molecule has 1 aliphatic rings. The molecule has 170 valence electrons. The number of methoxy groups -OCH3 is 2. The Kier molecular flexibility index (Phi) is 6.56. The van der Waals surface area contributed by atoms with Gasteiger partial charge in [0, 0.05) is 32.2 Å². The van der Waals surface area contributed by atoms with E-state index in [1.54, 1.807) is 25.3 Å². The molecule has 0 aliphatic carbocycles. The van der Waals surface area contributed by atoms with Gasteiger partial charge in [0.1, 0.15) is 29.1 Å². The second-order valence-corrected chi connectivity index (χ2v) is 8.34. The largest absolute Gasteiger partial charge is 0.497 e. The first-order chi connectivity index (χ1) is 15.5. The molecular weight excluding hydrogens is 432 g/mol. The van der Waals surface area contributed by atoms with E-state index in [0.29, 0.717) is 27.5 Å². The molecule has 0 radical (unpaired) electrons. The number of amides is 1. The summed E-state index contributed by atoms with van der Waals surface area (Å²) in [6.45, 7) is 6.68. The summed E-state index contributed by atoms with van der Waals surface area (Å²) in [5.74, 6) is 0.703. The number of likely N-dealkylation sites (N-methyl/N-ethyl adjacent to an activating group) is 1. The van der Waals surface area contributed by atoms with Crippen molar-refractivity contribution < 1.29 is 14.3 Å². The second-order valence-electron chi connectivity index (χ2n) is 7.36. The lowest BCUT2D eigenvalue weighted by Gasteiger charge is -2.33. The number of nitrogens with zero attached hydrogens (tertiary/aromatic N) is 5. The first kappa shape index (κ1) is 22.0. The van der Waals surface area contributed by atoms with Crippen LogP contribution in [-0.4, -0.2) is 72.3 Å². The molecule has 0 unspecified atom stereocenters. The number of rotatable bonds is 7. The van der Waals surface area contributed by atoms with E-state index in [-0.39, 0.29) is 18.0 Å². The molecule has 1 amide bonds. The minimum Gasteiger partial charge on any atom is -0.497 e. The number of anilines is 2. The standard InChI is InChI=1S/C21H26N6O4S/c1-4-25-7-9-26(10-8-25)21-24-19-18(32-21)20(29)27(13-22-19)12-17(28)23-15-11-14(30-2)5-6-16(15)31-3/h5-6,11,13H,4,7-10,12H2,1-3H3,(H,23,28). The van der Waals surface area contributed by atoms with Gasteiger partial charge >= 0.3 is 0 Å². The van der Waals surface area contributed by atoms with Crippen LogP contribution in [-0.2, 0) is 11.3 Å². The lowest BCUT2D eigenvalue weighted by molar-refractivity contribution is -0.116. The SMILES string of the molecule is CCN1CCN(c2nc3ncn(CC(=O)Nc4cc(OC)ccc4OC)c(=O)c3s2)CC1. The highest BCUT2D eigenvalue weighted by molar-refractivity contribution is 7.22. The molecule has 1 aromatic carbocycles. The van der Waals surface area contributed by atoms with Gasteiger partial charge in [-0.05, 0) is 18.7 Å². The highest BCUT2D eigenvalue weighted by Crippen LogP contribution is 2.29. The zero-order valence-corrected chi connectivity index (χ0v) is 19.1. The average molecular weight is 459 g/mol. The van der Waals surface area contributed by atoms with Crippen LogP contribution in [0.1, 0.15) is 6.92 Å². The normalized spacial score (nSPS) is 14.5. The number of thiazole rings is 1. The predicted molar refractivity (Wildman–Crippen MR) is 124 cm³/mol. The average Bonchev–Trinajstić information content (AvgIpc) is 3.26. The number of aromatic nitrogens is 3. The Bertz CT molecular complexity index is 1170. The third-order valence-corrected chi connectivity index (χ3v) is 6.55. The van der Waals surface area contributed by atoms with Crippen molar-refractivity contribution in [1.29, 1.82) is 0 Å². The Balaban J connectivity index is 1.51. The Hall–Kier alpha value is -3.18. The topological polar surface area (TPSA) is 102 Å².